The van der Waals surface area contributed by atoms with E-state index in [1.54, 1.807) is 19.1 Å². The molecule has 3 atom stereocenters. The molecule has 3 unspecified atom stereocenters. The Kier molecular flexibility index (Phi) is 9.09. The maximum Gasteiger partial charge on any atom is 0.408 e. The van der Waals surface area contributed by atoms with Gasteiger partial charge in [0.1, 0.15) is 12.4 Å². The van der Waals surface area contributed by atoms with Crippen molar-refractivity contribution in [3.05, 3.63) is 71.8 Å². The molecule has 0 heterocycles. The minimum Gasteiger partial charge on any atom is -0.466 e. The average molecular weight is 433 g/mol. The summed E-state index contributed by atoms with van der Waals surface area (Å²) in [7, 11) is -3.92. The number of amides is 1. The Morgan fingerprint density at radius 1 is 1.00 bits per heavy atom. The van der Waals surface area contributed by atoms with E-state index in [0.29, 0.717) is 0 Å². The van der Waals surface area contributed by atoms with Crippen LogP contribution in [0.1, 0.15) is 25.0 Å². The molecule has 2 aromatic carbocycles. The van der Waals surface area contributed by atoms with Crippen molar-refractivity contribution in [1.82, 2.24) is 5.32 Å². The molecule has 0 aliphatic rings. The summed E-state index contributed by atoms with van der Waals surface area (Å²) in [5.74, 6) is -2.41. The van der Waals surface area contributed by atoms with Gasteiger partial charge in [-0.1, -0.05) is 60.7 Å². The number of alkyl carbamates (subject to hydrolysis) is 1. The van der Waals surface area contributed by atoms with Gasteiger partial charge in [0.2, 0.25) is 7.37 Å². The zero-order valence-electron chi connectivity index (χ0n) is 17.2. The lowest BCUT2D eigenvalue weighted by molar-refractivity contribution is -0.147. The van der Waals surface area contributed by atoms with Crippen molar-refractivity contribution in [3.63, 3.8) is 0 Å². The molecule has 0 aromatic heterocycles. The lowest BCUT2D eigenvalue weighted by atomic mass is 10.0. The Bertz CT molecular complexity index is 858. The second kappa shape index (κ2) is 11.5. The second-order valence-electron chi connectivity index (χ2n) is 6.96. The predicted octanol–water partition coefficient (Wildman–Crippen LogP) is 3.95. The van der Waals surface area contributed by atoms with Crippen molar-refractivity contribution >= 4 is 19.4 Å². The van der Waals surface area contributed by atoms with Crippen LogP contribution in [-0.2, 0) is 31.9 Å². The summed E-state index contributed by atoms with van der Waals surface area (Å²) in [6.07, 6.45) is -0.827. The van der Waals surface area contributed by atoms with Crippen molar-refractivity contribution in [2.24, 2.45) is 5.92 Å². The number of rotatable bonds is 10. The van der Waals surface area contributed by atoms with E-state index in [1.165, 1.54) is 6.92 Å². The van der Waals surface area contributed by atoms with Gasteiger partial charge in [0.05, 0.1) is 12.5 Å². The summed E-state index contributed by atoms with van der Waals surface area (Å²) >= 11 is 0. The molecule has 2 N–H and O–H groups in total. The van der Waals surface area contributed by atoms with Crippen molar-refractivity contribution in [3.8, 4) is 0 Å². The summed E-state index contributed by atoms with van der Waals surface area (Å²) in [5.41, 5.74) is 1.66. The molecular formula is C22H28NO6P. The van der Waals surface area contributed by atoms with Gasteiger partial charge in [-0.05, 0) is 31.4 Å². The first-order valence-electron chi connectivity index (χ1n) is 9.81. The molecule has 0 bridgehead atoms. The summed E-state index contributed by atoms with van der Waals surface area (Å²) in [5, 5.41) is 2.40. The van der Waals surface area contributed by atoms with Crippen LogP contribution in [0.5, 0.6) is 0 Å². The summed E-state index contributed by atoms with van der Waals surface area (Å²) in [4.78, 5) is 35.0. The highest BCUT2D eigenvalue weighted by molar-refractivity contribution is 7.58. The third kappa shape index (κ3) is 7.65. The minimum atomic E-state index is -3.92. The van der Waals surface area contributed by atoms with Gasteiger partial charge in [0, 0.05) is 6.16 Å². The highest BCUT2D eigenvalue weighted by atomic mass is 31.2. The summed E-state index contributed by atoms with van der Waals surface area (Å²) in [6, 6.07) is 18.3. The van der Waals surface area contributed by atoms with Crippen molar-refractivity contribution in [2.75, 3.05) is 12.8 Å². The topological polar surface area (TPSA) is 102 Å². The zero-order valence-corrected chi connectivity index (χ0v) is 18.1. The Morgan fingerprint density at radius 2 is 1.57 bits per heavy atom. The van der Waals surface area contributed by atoms with E-state index in [9.17, 15) is 19.0 Å². The lowest BCUT2D eigenvalue weighted by Gasteiger charge is -2.24. The maximum atomic E-state index is 12.9. The molecule has 0 saturated carbocycles. The molecular weight excluding hydrogens is 405 g/mol. The molecule has 0 spiro atoms. The first-order valence-corrected chi connectivity index (χ1v) is 11.7. The van der Waals surface area contributed by atoms with Crippen LogP contribution in [0.4, 0.5) is 4.79 Å². The van der Waals surface area contributed by atoms with Crippen LogP contribution >= 0.6 is 7.37 Å². The standard InChI is InChI=1S/C22H28NO6P/c1-3-28-21(24)20(14-18-10-6-4-7-11-18)16-30(26,27)17(2)23-22(25)29-15-19-12-8-5-9-13-19/h4-13,17,20H,3,14-16H2,1-2H3,(H,23,25)(H,26,27). The van der Waals surface area contributed by atoms with E-state index in [1.807, 2.05) is 48.5 Å². The van der Waals surface area contributed by atoms with Gasteiger partial charge in [0.15, 0.2) is 0 Å². The molecule has 0 saturated heterocycles. The van der Waals surface area contributed by atoms with Crippen LogP contribution in [0.2, 0.25) is 0 Å². The first kappa shape index (κ1) is 23.6. The Morgan fingerprint density at radius 3 is 2.13 bits per heavy atom. The van der Waals surface area contributed by atoms with Gasteiger partial charge in [-0.3, -0.25) is 9.36 Å². The van der Waals surface area contributed by atoms with Crippen LogP contribution < -0.4 is 5.32 Å². The molecule has 2 aromatic rings. The van der Waals surface area contributed by atoms with Crippen LogP contribution in [0.25, 0.3) is 0 Å². The normalized spacial score (nSPS) is 14.8. The largest absolute Gasteiger partial charge is 0.466 e. The fraction of sp³-hybridized carbons (Fsp3) is 0.364. The number of ether oxygens (including phenoxy) is 2. The number of carbonyl (C=O) groups is 2. The average Bonchev–Trinajstić information content (AvgIpc) is 2.73. The van der Waals surface area contributed by atoms with Gasteiger partial charge in [-0.25, -0.2) is 4.79 Å². The molecule has 1 amide bonds. The zero-order chi connectivity index (χ0) is 22.0. The molecule has 2 rings (SSSR count). The second-order valence-corrected chi connectivity index (χ2v) is 9.61. The molecule has 30 heavy (non-hydrogen) atoms. The van der Waals surface area contributed by atoms with Gasteiger partial charge in [-0.2, -0.15) is 0 Å². The number of hydrogen-bond donors (Lipinski definition) is 2. The van der Waals surface area contributed by atoms with Gasteiger partial charge in [0.25, 0.3) is 0 Å². The van der Waals surface area contributed by atoms with E-state index in [0.717, 1.165) is 11.1 Å². The molecule has 0 aliphatic carbocycles. The number of benzene rings is 2. The van der Waals surface area contributed by atoms with E-state index >= 15 is 0 Å². The van der Waals surface area contributed by atoms with Crippen LogP contribution in [0.15, 0.2) is 60.7 Å². The molecule has 0 radical (unpaired) electrons. The maximum absolute atomic E-state index is 12.9. The molecule has 0 aliphatic heterocycles. The van der Waals surface area contributed by atoms with E-state index in [4.69, 9.17) is 9.47 Å². The molecule has 162 valence electrons. The third-order valence-electron chi connectivity index (χ3n) is 4.57. The van der Waals surface area contributed by atoms with E-state index in [2.05, 4.69) is 5.32 Å². The first-order chi connectivity index (χ1) is 14.3. The lowest BCUT2D eigenvalue weighted by Crippen LogP contribution is -2.35. The van der Waals surface area contributed by atoms with Gasteiger partial charge in [-0.15, -0.1) is 0 Å². The fourth-order valence-corrected chi connectivity index (χ4v) is 4.42. The molecule has 7 nitrogen and oxygen atoms in total. The number of hydrogen-bond acceptors (Lipinski definition) is 5. The van der Waals surface area contributed by atoms with Crippen molar-refractivity contribution in [2.45, 2.75) is 32.7 Å². The Balaban J connectivity index is 1.98. The summed E-state index contributed by atoms with van der Waals surface area (Å²) < 4.78 is 23.1. The number of esters is 1. The highest BCUT2D eigenvalue weighted by Crippen LogP contribution is 2.47. The van der Waals surface area contributed by atoms with Crippen LogP contribution in [0, 0.1) is 5.92 Å². The highest BCUT2D eigenvalue weighted by Gasteiger charge is 2.35. The fourth-order valence-electron chi connectivity index (χ4n) is 2.89. The van der Waals surface area contributed by atoms with Crippen LogP contribution in [0.3, 0.4) is 0 Å². The third-order valence-corrected chi connectivity index (χ3v) is 6.87. The van der Waals surface area contributed by atoms with E-state index < -0.39 is 31.1 Å². The Hall–Kier alpha value is -2.63. The smallest absolute Gasteiger partial charge is 0.408 e. The number of carbonyl (C=O) groups excluding carboxylic acids is 2. The SMILES string of the molecule is CCOC(=O)C(Cc1ccccc1)CP(=O)(O)C(C)NC(=O)OCc1ccccc1. The van der Waals surface area contributed by atoms with Gasteiger partial charge < -0.3 is 19.7 Å². The number of nitrogens with one attached hydrogen (secondary N) is 1. The minimum absolute atomic E-state index is 0.0502. The quantitative estimate of drug-likeness (QED) is 0.435. The van der Waals surface area contributed by atoms with Crippen LogP contribution in [-0.4, -0.2) is 35.5 Å². The predicted molar refractivity (Wildman–Crippen MR) is 114 cm³/mol. The monoisotopic (exact) mass is 433 g/mol. The van der Waals surface area contributed by atoms with Crippen molar-refractivity contribution in [1.29, 1.82) is 0 Å². The molecule has 0 fully saturated rings. The van der Waals surface area contributed by atoms with Gasteiger partial charge >= 0.3 is 12.1 Å². The molecule has 8 heteroatoms. The van der Waals surface area contributed by atoms with E-state index in [-0.39, 0.29) is 25.8 Å². The van der Waals surface area contributed by atoms with Crippen molar-refractivity contribution < 1.29 is 28.5 Å². The summed E-state index contributed by atoms with van der Waals surface area (Å²) in [6.45, 7) is 3.34. The Labute approximate surface area is 176 Å².